The van der Waals surface area contributed by atoms with E-state index in [1.54, 1.807) is 18.3 Å². The van der Waals surface area contributed by atoms with Crippen LogP contribution in [0.1, 0.15) is 23.6 Å². The molecule has 1 heterocycles. The summed E-state index contributed by atoms with van der Waals surface area (Å²) in [6.45, 7) is 4.40. The molecule has 0 radical (unpaired) electrons. The Morgan fingerprint density at radius 3 is 2.64 bits per heavy atom. The molecule has 0 aliphatic heterocycles. The second kappa shape index (κ2) is 11.4. The topological polar surface area (TPSA) is 54.2 Å². The first-order valence-corrected chi connectivity index (χ1v) is 9.05. The number of aliphatic imine (C=N–C) groups is 1. The first-order valence-electron chi connectivity index (χ1n) is 9.05. The minimum absolute atomic E-state index is 0. The average molecular weight is 493 g/mol. The van der Waals surface area contributed by atoms with Crippen molar-refractivity contribution in [2.24, 2.45) is 4.99 Å². The van der Waals surface area contributed by atoms with Crippen LogP contribution in [0.3, 0.4) is 0 Å². The number of hydrogen-bond acceptors (Lipinski definition) is 2. The molecule has 7 heteroatoms. The van der Waals surface area contributed by atoms with Gasteiger partial charge in [0.15, 0.2) is 5.96 Å². The fourth-order valence-corrected chi connectivity index (χ4v) is 2.74. The molecule has 0 fully saturated rings. The summed E-state index contributed by atoms with van der Waals surface area (Å²) in [5, 5.41) is 10.6. The Labute approximate surface area is 182 Å². The van der Waals surface area contributed by atoms with E-state index < -0.39 is 0 Å². The molecule has 0 unspecified atom stereocenters. The third kappa shape index (κ3) is 6.63. The van der Waals surface area contributed by atoms with Crippen LogP contribution in [0.25, 0.3) is 0 Å². The maximum absolute atomic E-state index is 13.8. The van der Waals surface area contributed by atoms with Crippen LogP contribution < -0.4 is 10.6 Å². The maximum atomic E-state index is 13.8. The zero-order valence-corrected chi connectivity index (χ0v) is 18.1. The van der Waals surface area contributed by atoms with Crippen molar-refractivity contribution in [3.8, 4) is 0 Å². The average Bonchev–Trinajstić information content (AvgIpc) is 3.18. The van der Waals surface area contributed by atoms with Crippen molar-refractivity contribution < 1.29 is 4.39 Å². The van der Waals surface area contributed by atoms with E-state index in [4.69, 9.17) is 0 Å². The summed E-state index contributed by atoms with van der Waals surface area (Å²) in [4.78, 5) is 4.62. The normalized spacial score (nSPS) is 11.0. The molecule has 2 aromatic carbocycles. The molecule has 0 amide bonds. The highest BCUT2D eigenvalue weighted by molar-refractivity contribution is 14.0. The third-order valence-electron chi connectivity index (χ3n) is 4.06. The number of guanidine groups is 1. The van der Waals surface area contributed by atoms with Gasteiger partial charge in [-0.15, -0.1) is 24.0 Å². The predicted molar refractivity (Wildman–Crippen MR) is 121 cm³/mol. The number of aromatic nitrogens is 2. The first-order chi connectivity index (χ1) is 13.2. The van der Waals surface area contributed by atoms with Gasteiger partial charge in [-0.1, -0.05) is 42.5 Å². The van der Waals surface area contributed by atoms with E-state index in [0.717, 1.165) is 18.7 Å². The van der Waals surface area contributed by atoms with Gasteiger partial charge in [0.05, 0.1) is 13.1 Å². The second-order valence-electron chi connectivity index (χ2n) is 6.16. The molecule has 0 saturated heterocycles. The summed E-state index contributed by atoms with van der Waals surface area (Å²) in [7, 11) is 0. The van der Waals surface area contributed by atoms with Crippen LogP contribution in [-0.4, -0.2) is 22.3 Å². The minimum Gasteiger partial charge on any atom is -0.357 e. The molecule has 28 heavy (non-hydrogen) atoms. The first kappa shape index (κ1) is 21.9. The van der Waals surface area contributed by atoms with Crippen molar-refractivity contribution >= 4 is 29.9 Å². The van der Waals surface area contributed by atoms with Gasteiger partial charge in [0.25, 0.3) is 0 Å². The van der Waals surface area contributed by atoms with E-state index in [1.807, 2.05) is 36.0 Å². The lowest BCUT2D eigenvalue weighted by Gasteiger charge is -2.12. The van der Waals surface area contributed by atoms with Crippen LogP contribution in [-0.2, 0) is 19.6 Å². The summed E-state index contributed by atoms with van der Waals surface area (Å²) < 4.78 is 15.7. The van der Waals surface area contributed by atoms with Gasteiger partial charge in [-0.2, -0.15) is 5.10 Å². The molecule has 2 N–H and O–H groups in total. The van der Waals surface area contributed by atoms with E-state index in [-0.39, 0.29) is 29.8 Å². The summed E-state index contributed by atoms with van der Waals surface area (Å²) in [6.07, 6.45) is 3.72. The standard InChI is InChI=1S/C21H24FN5.HI/c1-2-23-21(25-15-19-9-3-4-10-20(19)22)24-14-17-7-5-8-18(13-17)16-27-12-6-11-26-27;/h3-13H,2,14-16H2,1H3,(H2,23,24,25);1H. The molecule has 1 aromatic heterocycles. The summed E-state index contributed by atoms with van der Waals surface area (Å²) >= 11 is 0. The van der Waals surface area contributed by atoms with E-state index in [2.05, 4.69) is 38.9 Å². The number of nitrogens with one attached hydrogen (secondary N) is 2. The van der Waals surface area contributed by atoms with Gasteiger partial charge in [-0.3, -0.25) is 4.68 Å². The molecule has 0 atom stereocenters. The molecule has 0 aliphatic carbocycles. The van der Waals surface area contributed by atoms with Gasteiger partial charge in [-0.05, 0) is 30.2 Å². The van der Waals surface area contributed by atoms with Crippen molar-refractivity contribution in [2.75, 3.05) is 6.54 Å². The van der Waals surface area contributed by atoms with Crippen LogP contribution in [0.4, 0.5) is 4.39 Å². The Balaban J connectivity index is 0.00000280. The highest BCUT2D eigenvalue weighted by Gasteiger charge is 2.03. The molecule has 0 spiro atoms. The summed E-state index contributed by atoms with van der Waals surface area (Å²) in [5.41, 5.74) is 2.91. The van der Waals surface area contributed by atoms with Crippen LogP contribution in [0.5, 0.6) is 0 Å². The van der Waals surface area contributed by atoms with Gasteiger partial charge in [-0.25, -0.2) is 9.38 Å². The van der Waals surface area contributed by atoms with E-state index in [1.165, 1.54) is 11.6 Å². The van der Waals surface area contributed by atoms with Crippen LogP contribution in [0.15, 0.2) is 72.0 Å². The SMILES string of the molecule is CCNC(=NCc1cccc(Cn2cccn2)c1)NCc1ccccc1F.I. The molecule has 0 bridgehead atoms. The smallest absolute Gasteiger partial charge is 0.191 e. The minimum atomic E-state index is -0.216. The van der Waals surface area contributed by atoms with Gasteiger partial charge >= 0.3 is 0 Å². The van der Waals surface area contributed by atoms with E-state index >= 15 is 0 Å². The molecular weight excluding hydrogens is 468 g/mol. The molecule has 0 saturated carbocycles. The van der Waals surface area contributed by atoms with E-state index in [0.29, 0.717) is 24.6 Å². The highest BCUT2D eigenvalue weighted by Crippen LogP contribution is 2.09. The summed E-state index contributed by atoms with van der Waals surface area (Å²) in [6, 6.07) is 17.0. The van der Waals surface area contributed by atoms with Gasteiger partial charge < -0.3 is 10.6 Å². The zero-order chi connectivity index (χ0) is 18.9. The van der Waals surface area contributed by atoms with Crippen molar-refractivity contribution in [2.45, 2.75) is 26.6 Å². The number of nitrogens with zero attached hydrogens (tertiary/aromatic N) is 3. The number of rotatable bonds is 7. The lowest BCUT2D eigenvalue weighted by atomic mass is 10.1. The Morgan fingerprint density at radius 1 is 1.07 bits per heavy atom. The van der Waals surface area contributed by atoms with Gasteiger partial charge in [0.1, 0.15) is 5.82 Å². The lowest BCUT2D eigenvalue weighted by molar-refractivity contribution is 0.604. The van der Waals surface area contributed by atoms with E-state index in [9.17, 15) is 4.39 Å². The molecule has 5 nitrogen and oxygen atoms in total. The largest absolute Gasteiger partial charge is 0.357 e. The molecular formula is C21H25FIN5. The van der Waals surface area contributed by atoms with Crippen molar-refractivity contribution in [3.05, 3.63) is 89.5 Å². The fraction of sp³-hybridized carbons (Fsp3) is 0.238. The third-order valence-corrected chi connectivity index (χ3v) is 4.06. The quantitative estimate of drug-likeness (QED) is 0.298. The Bertz CT molecular complexity index is 880. The monoisotopic (exact) mass is 493 g/mol. The molecule has 0 aliphatic rings. The van der Waals surface area contributed by atoms with Crippen LogP contribution >= 0.6 is 24.0 Å². The fourth-order valence-electron chi connectivity index (χ4n) is 2.74. The maximum Gasteiger partial charge on any atom is 0.191 e. The number of benzene rings is 2. The van der Waals surface area contributed by atoms with Crippen LogP contribution in [0, 0.1) is 5.82 Å². The Hall–Kier alpha value is -2.42. The van der Waals surface area contributed by atoms with Crippen LogP contribution in [0.2, 0.25) is 0 Å². The summed E-state index contributed by atoms with van der Waals surface area (Å²) in [5.74, 6) is 0.449. The Kier molecular flexibility index (Phi) is 8.93. The Morgan fingerprint density at radius 2 is 1.89 bits per heavy atom. The lowest BCUT2D eigenvalue weighted by Crippen LogP contribution is -2.37. The van der Waals surface area contributed by atoms with Gasteiger partial charge in [0, 0.05) is 31.0 Å². The van der Waals surface area contributed by atoms with Crippen molar-refractivity contribution in [1.82, 2.24) is 20.4 Å². The molecule has 148 valence electrons. The highest BCUT2D eigenvalue weighted by atomic mass is 127. The second-order valence-corrected chi connectivity index (χ2v) is 6.16. The van der Waals surface area contributed by atoms with Crippen molar-refractivity contribution in [1.29, 1.82) is 0 Å². The molecule has 3 aromatic rings. The predicted octanol–water partition coefficient (Wildman–Crippen LogP) is 3.94. The zero-order valence-electron chi connectivity index (χ0n) is 15.8. The molecule has 3 rings (SSSR count). The number of hydrogen-bond donors (Lipinski definition) is 2. The van der Waals surface area contributed by atoms with Gasteiger partial charge in [0.2, 0.25) is 0 Å². The number of halogens is 2. The van der Waals surface area contributed by atoms with Crippen molar-refractivity contribution in [3.63, 3.8) is 0 Å².